The molecule has 9 nitrogen and oxygen atoms in total. The lowest BCUT2D eigenvalue weighted by molar-refractivity contribution is 0.0376. The predicted molar refractivity (Wildman–Crippen MR) is 158 cm³/mol. The highest BCUT2D eigenvalue weighted by Gasteiger charge is 2.31. The molecule has 3 aromatic rings. The van der Waals surface area contributed by atoms with Crippen molar-refractivity contribution in [2.45, 2.75) is 50.5 Å². The van der Waals surface area contributed by atoms with Gasteiger partial charge in [-0.15, -0.1) is 0 Å². The van der Waals surface area contributed by atoms with E-state index in [4.69, 9.17) is 14.5 Å². The van der Waals surface area contributed by atoms with E-state index in [1.54, 1.807) is 40.6 Å². The second kappa shape index (κ2) is 12.5. The summed E-state index contributed by atoms with van der Waals surface area (Å²) in [7, 11) is -1.99. The van der Waals surface area contributed by atoms with Gasteiger partial charge in [0.2, 0.25) is 10.0 Å². The third-order valence-corrected chi connectivity index (χ3v) is 11.0. The number of hydrogen-bond acceptors (Lipinski definition) is 8. The Labute approximate surface area is 240 Å². The lowest BCUT2D eigenvalue weighted by Gasteiger charge is -2.32. The Morgan fingerprint density at radius 2 is 1.88 bits per heavy atom. The zero-order chi connectivity index (χ0) is 28.3. The number of piperidine rings is 1. The van der Waals surface area contributed by atoms with Gasteiger partial charge in [-0.1, -0.05) is 23.8 Å². The lowest BCUT2D eigenvalue weighted by atomic mass is 10.1. The van der Waals surface area contributed by atoms with Gasteiger partial charge in [0.15, 0.2) is 5.13 Å². The first-order valence-electron chi connectivity index (χ1n) is 14.0. The summed E-state index contributed by atoms with van der Waals surface area (Å²) >= 11 is 1.47. The molecule has 0 aliphatic carbocycles. The Morgan fingerprint density at radius 3 is 2.58 bits per heavy atom. The summed E-state index contributed by atoms with van der Waals surface area (Å²) in [6.07, 6.45) is 3.55. The summed E-state index contributed by atoms with van der Waals surface area (Å²) in [5, 5.41) is 0.605. The van der Waals surface area contributed by atoms with Gasteiger partial charge in [0, 0.05) is 44.3 Å². The van der Waals surface area contributed by atoms with Crippen molar-refractivity contribution in [3.05, 3.63) is 47.5 Å². The number of fused-ring (bicyclic) bond motifs is 1. The molecule has 40 heavy (non-hydrogen) atoms. The molecule has 0 saturated carbocycles. The number of amides is 1. The number of nitrogens with zero attached hydrogens (tertiary/aromatic N) is 4. The van der Waals surface area contributed by atoms with Crippen molar-refractivity contribution in [3.8, 4) is 5.75 Å². The molecular formula is C29H38N4O5S2. The van der Waals surface area contributed by atoms with Gasteiger partial charge < -0.3 is 9.47 Å². The molecule has 2 aliphatic rings. The van der Waals surface area contributed by atoms with Gasteiger partial charge in [-0.25, -0.2) is 13.4 Å². The molecule has 216 valence electrons. The molecule has 2 fully saturated rings. The highest BCUT2D eigenvalue weighted by atomic mass is 32.2. The second-order valence-corrected chi connectivity index (χ2v) is 13.4. The molecule has 3 heterocycles. The predicted octanol–water partition coefficient (Wildman–Crippen LogP) is 4.55. The molecule has 1 atom stereocenters. The van der Waals surface area contributed by atoms with E-state index in [1.807, 2.05) is 26.0 Å². The number of methoxy groups -OCH3 is 1. The molecule has 1 amide bonds. The summed E-state index contributed by atoms with van der Waals surface area (Å²) in [5.41, 5.74) is 2.24. The molecule has 11 heteroatoms. The highest BCUT2D eigenvalue weighted by Crippen LogP contribution is 2.37. The molecule has 2 aromatic carbocycles. The second-order valence-electron chi connectivity index (χ2n) is 10.5. The van der Waals surface area contributed by atoms with Crippen molar-refractivity contribution in [2.24, 2.45) is 0 Å². The smallest absolute Gasteiger partial charge is 0.260 e. The van der Waals surface area contributed by atoms with Crippen LogP contribution in [0.4, 0.5) is 5.13 Å². The number of hydrogen-bond donors (Lipinski definition) is 0. The van der Waals surface area contributed by atoms with Gasteiger partial charge in [0.1, 0.15) is 11.3 Å². The van der Waals surface area contributed by atoms with Crippen molar-refractivity contribution in [2.75, 3.05) is 57.9 Å². The molecule has 2 saturated heterocycles. The molecule has 0 N–H and O–H groups in total. The SMILES string of the molecule is COc1ccc(C)c2sc(N(CCCN3CCOCC3)C(=O)c3ccc(S(=O)(=O)N4CCCCC4C)cc3)nc12. The van der Waals surface area contributed by atoms with E-state index >= 15 is 0 Å². The number of aryl methyl sites for hydroxylation is 1. The first kappa shape index (κ1) is 28.9. The third-order valence-electron chi connectivity index (χ3n) is 7.80. The number of ether oxygens (including phenoxy) is 2. The third kappa shape index (κ3) is 6.03. The maximum absolute atomic E-state index is 13.9. The van der Waals surface area contributed by atoms with Crippen LogP contribution in [0, 0.1) is 6.92 Å². The Hall–Kier alpha value is -2.57. The monoisotopic (exact) mass is 586 g/mol. The van der Waals surface area contributed by atoms with Crippen LogP contribution in [-0.4, -0.2) is 87.6 Å². The molecule has 1 aromatic heterocycles. The number of anilines is 1. The molecule has 1 unspecified atom stereocenters. The Morgan fingerprint density at radius 1 is 1.12 bits per heavy atom. The number of carbonyl (C=O) groups excluding carboxylic acids is 1. The lowest BCUT2D eigenvalue weighted by Crippen LogP contribution is -2.41. The molecule has 0 spiro atoms. The van der Waals surface area contributed by atoms with Gasteiger partial charge in [-0.2, -0.15) is 4.31 Å². The van der Waals surface area contributed by atoms with Crippen molar-refractivity contribution in [1.29, 1.82) is 0 Å². The van der Waals surface area contributed by atoms with Crippen LogP contribution in [0.2, 0.25) is 0 Å². The van der Waals surface area contributed by atoms with Crippen LogP contribution in [0.25, 0.3) is 10.2 Å². The van der Waals surface area contributed by atoms with Gasteiger partial charge in [0.05, 0.1) is 29.9 Å². The fourth-order valence-corrected chi connectivity index (χ4v) is 8.20. The first-order valence-corrected chi connectivity index (χ1v) is 16.2. The number of morpholine rings is 1. The normalized spacial score (nSPS) is 19.1. The van der Waals surface area contributed by atoms with Crippen LogP contribution >= 0.6 is 11.3 Å². The number of carbonyl (C=O) groups is 1. The summed E-state index contributed by atoms with van der Waals surface area (Å²) in [4.78, 5) is 23.1. The van der Waals surface area contributed by atoms with E-state index < -0.39 is 10.0 Å². The van der Waals surface area contributed by atoms with E-state index in [2.05, 4.69) is 4.90 Å². The largest absolute Gasteiger partial charge is 0.494 e. The molecular weight excluding hydrogens is 548 g/mol. The van der Waals surface area contributed by atoms with Crippen LogP contribution in [0.1, 0.15) is 48.5 Å². The van der Waals surface area contributed by atoms with Gasteiger partial charge in [-0.3, -0.25) is 14.6 Å². The number of thiazole rings is 1. The number of aromatic nitrogens is 1. The minimum absolute atomic E-state index is 0.0264. The quantitative estimate of drug-likeness (QED) is 0.363. The average molecular weight is 587 g/mol. The Kier molecular flexibility index (Phi) is 9.06. The highest BCUT2D eigenvalue weighted by molar-refractivity contribution is 7.89. The average Bonchev–Trinajstić information content (AvgIpc) is 3.42. The van der Waals surface area contributed by atoms with Gasteiger partial charge in [-0.05, 0) is 69.0 Å². The van der Waals surface area contributed by atoms with E-state index in [9.17, 15) is 13.2 Å². The summed E-state index contributed by atoms with van der Waals surface area (Å²) in [6, 6.07) is 10.2. The number of rotatable bonds is 9. The summed E-state index contributed by atoms with van der Waals surface area (Å²) < 4.78 is 40.2. The maximum Gasteiger partial charge on any atom is 0.260 e. The fourth-order valence-electron chi connectivity index (χ4n) is 5.43. The van der Waals surface area contributed by atoms with Crippen LogP contribution in [-0.2, 0) is 14.8 Å². The van der Waals surface area contributed by atoms with Crippen molar-refractivity contribution >= 4 is 42.6 Å². The minimum Gasteiger partial charge on any atom is -0.494 e. The van der Waals surface area contributed by atoms with Crippen molar-refractivity contribution < 1.29 is 22.7 Å². The standard InChI is InChI=1S/C29H38N4O5S2/c1-21-8-13-25(37-3)26-27(21)39-29(30-26)32(15-6-14-31-17-19-38-20-18-31)28(34)23-9-11-24(12-10-23)40(35,36)33-16-5-4-7-22(33)2/h8-13,22H,4-7,14-20H2,1-3H3. The maximum atomic E-state index is 13.9. The first-order chi connectivity index (χ1) is 19.3. The fraction of sp³-hybridized carbons (Fsp3) is 0.517. The number of sulfonamides is 1. The molecule has 2 aliphatic heterocycles. The molecule has 0 bridgehead atoms. The van der Waals surface area contributed by atoms with E-state index in [1.165, 1.54) is 11.3 Å². The van der Waals surface area contributed by atoms with Crippen LogP contribution in [0.15, 0.2) is 41.3 Å². The van der Waals surface area contributed by atoms with Gasteiger partial charge in [0.25, 0.3) is 5.91 Å². The van der Waals surface area contributed by atoms with Crippen LogP contribution in [0.3, 0.4) is 0 Å². The molecule has 0 radical (unpaired) electrons. The zero-order valence-electron chi connectivity index (χ0n) is 23.5. The van der Waals surface area contributed by atoms with E-state index in [-0.39, 0.29) is 16.8 Å². The minimum atomic E-state index is -3.61. The summed E-state index contributed by atoms with van der Waals surface area (Å²) in [5.74, 6) is 0.471. The van der Waals surface area contributed by atoms with Gasteiger partial charge >= 0.3 is 0 Å². The molecule has 5 rings (SSSR count). The summed E-state index contributed by atoms with van der Waals surface area (Å²) in [6.45, 7) is 9.08. The number of benzene rings is 2. The Balaban J connectivity index is 1.41. The zero-order valence-corrected chi connectivity index (χ0v) is 25.1. The van der Waals surface area contributed by atoms with Crippen LogP contribution < -0.4 is 9.64 Å². The van der Waals surface area contributed by atoms with E-state index in [0.29, 0.717) is 29.5 Å². The van der Waals surface area contributed by atoms with Crippen molar-refractivity contribution in [3.63, 3.8) is 0 Å². The van der Waals surface area contributed by atoms with Crippen molar-refractivity contribution in [1.82, 2.24) is 14.2 Å². The van der Waals surface area contributed by atoms with E-state index in [0.717, 1.165) is 74.3 Å². The van der Waals surface area contributed by atoms with Crippen LogP contribution in [0.5, 0.6) is 5.75 Å². The Bertz CT molecular complexity index is 1430. The topological polar surface area (TPSA) is 92.3 Å².